The smallest absolute Gasteiger partial charge is 0.341 e. The molecule has 4 heteroatoms. The molecule has 0 radical (unpaired) electrons. The maximum atomic E-state index is 12.2. The van der Waals surface area contributed by atoms with Crippen LogP contribution in [0.5, 0.6) is 0 Å². The normalized spacial score (nSPS) is 9.30. The summed E-state index contributed by atoms with van der Waals surface area (Å²) < 4.78 is 16.2. The van der Waals surface area contributed by atoms with Crippen LogP contribution in [0.15, 0.2) is 32.2 Å². The van der Waals surface area contributed by atoms with E-state index in [1.165, 1.54) is 0 Å². The summed E-state index contributed by atoms with van der Waals surface area (Å²) >= 11 is 0. The molecule has 1 aromatic rings. The summed E-state index contributed by atoms with van der Waals surface area (Å²) in [4.78, 5) is 20.6. The minimum absolute atomic E-state index is 0.599. The first-order chi connectivity index (χ1) is 4.68. The molecule has 1 heterocycles. The summed E-state index contributed by atoms with van der Waals surface area (Å²) in [6, 6.07) is 2.31. The number of rotatable bonds is 0. The first-order valence-corrected chi connectivity index (χ1v) is 2.49. The third-order valence-corrected chi connectivity index (χ3v) is 0.836. The lowest BCUT2D eigenvalue weighted by molar-refractivity contribution is 0.477. The minimum Gasteiger partial charge on any atom is -0.387 e. The molecule has 0 N–H and O–H groups in total. The van der Waals surface area contributed by atoms with E-state index in [0.29, 0.717) is 6.07 Å². The van der Waals surface area contributed by atoms with E-state index in [1.54, 1.807) is 0 Å². The quantitative estimate of drug-likeness (QED) is 0.517. The highest BCUT2D eigenvalue weighted by atomic mass is 19.1. The molecule has 0 bridgehead atoms. The fourth-order valence-corrected chi connectivity index (χ4v) is 0.471. The Hall–Kier alpha value is -1.45. The third-order valence-electron chi connectivity index (χ3n) is 0.836. The van der Waals surface area contributed by atoms with E-state index in [0.717, 1.165) is 12.1 Å². The van der Waals surface area contributed by atoms with Crippen LogP contribution in [0.25, 0.3) is 0 Å². The van der Waals surface area contributed by atoms with E-state index < -0.39 is 17.1 Å². The van der Waals surface area contributed by atoms with E-state index in [4.69, 9.17) is 0 Å². The molecule has 3 nitrogen and oxygen atoms in total. The molecule has 0 unspecified atom stereocenters. The summed E-state index contributed by atoms with van der Waals surface area (Å²) in [6.45, 7) is 0. The number of halogens is 1. The second-order valence-electron chi connectivity index (χ2n) is 1.60. The first-order valence-electron chi connectivity index (χ1n) is 2.49. The Kier molecular flexibility index (Phi) is 1.62. The Balaban J connectivity index is 3.58. The Labute approximate surface area is 54.7 Å². The molecule has 0 saturated carbocycles. The number of hydrogen-bond acceptors (Lipinski definition) is 3. The van der Waals surface area contributed by atoms with Crippen LogP contribution in [-0.4, -0.2) is 0 Å². The zero-order valence-electron chi connectivity index (χ0n) is 4.83. The van der Waals surface area contributed by atoms with Crippen molar-refractivity contribution in [1.82, 2.24) is 0 Å². The van der Waals surface area contributed by atoms with E-state index >= 15 is 0 Å². The zero-order valence-corrected chi connectivity index (χ0v) is 4.83. The molecule has 1 rings (SSSR count). The second kappa shape index (κ2) is 2.43. The summed E-state index contributed by atoms with van der Waals surface area (Å²) in [5.41, 5.74) is -1.83. The van der Waals surface area contributed by atoms with Gasteiger partial charge in [-0.3, -0.25) is 0 Å². The third kappa shape index (κ3) is 1.51. The van der Waals surface area contributed by atoms with Crippen LogP contribution in [0.1, 0.15) is 0 Å². The monoisotopic (exact) mass is 142 g/mol. The lowest BCUT2D eigenvalue weighted by atomic mass is 10.5. The molecule has 10 heavy (non-hydrogen) atoms. The van der Waals surface area contributed by atoms with Gasteiger partial charge in [0, 0.05) is 6.07 Å². The average Bonchev–Trinajstić information content (AvgIpc) is 1.93. The van der Waals surface area contributed by atoms with Gasteiger partial charge >= 0.3 is 11.3 Å². The summed E-state index contributed by atoms with van der Waals surface area (Å²) in [6.07, 6.45) is 0. The topological polar surface area (TPSA) is 47.3 Å². The van der Waals surface area contributed by atoms with Crippen molar-refractivity contribution in [2.45, 2.75) is 0 Å². The van der Waals surface area contributed by atoms with Crippen molar-refractivity contribution >= 4 is 0 Å². The molecular formula is C6H3FO3. The van der Waals surface area contributed by atoms with Gasteiger partial charge in [-0.25, -0.2) is 14.0 Å². The summed E-state index contributed by atoms with van der Waals surface area (Å²) in [5.74, 6) is -0.782. The Morgan fingerprint density at radius 3 is 2.60 bits per heavy atom. The average molecular weight is 142 g/mol. The van der Waals surface area contributed by atoms with Crippen LogP contribution in [0.4, 0.5) is 4.39 Å². The van der Waals surface area contributed by atoms with Gasteiger partial charge in [0.15, 0.2) is 0 Å². The van der Waals surface area contributed by atoms with Crippen LogP contribution in [0, 0.1) is 5.82 Å². The van der Waals surface area contributed by atoms with Gasteiger partial charge in [-0.15, -0.1) is 0 Å². The molecule has 0 aliphatic rings. The van der Waals surface area contributed by atoms with Crippen molar-refractivity contribution in [3.63, 3.8) is 0 Å². The van der Waals surface area contributed by atoms with Gasteiger partial charge in [-0.05, 0) is 6.07 Å². The molecule has 0 aliphatic heterocycles. The fraction of sp³-hybridized carbons (Fsp3) is 0. The molecular weight excluding hydrogens is 139 g/mol. The predicted octanol–water partition coefficient (Wildman–Crippen LogP) is 0.139. The largest absolute Gasteiger partial charge is 0.387 e. The maximum Gasteiger partial charge on any atom is 0.341 e. The van der Waals surface area contributed by atoms with E-state index in [9.17, 15) is 14.0 Å². The van der Waals surface area contributed by atoms with E-state index in [1.807, 2.05) is 0 Å². The lowest BCUT2D eigenvalue weighted by Gasteiger charge is -1.67. The van der Waals surface area contributed by atoms with Gasteiger partial charge in [0.05, 0.1) is 6.07 Å². The highest BCUT2D eigenvalue weighted by Gasteiger charge is 1.89. The standard InChI is InChI=1S/C6H3FO3/c7-4-1-2-5(8)10-6(9)3-4/h1-3H. The maximum absolute atomic E-state index is 12.2. The zero-order chi connectivity index (χ0) is 7.56. The Morgan fingerprint density at radius 1 is 1.20 bits per heavy atom. The lowest BCUT2D eigenvalue weighted by Crippen LogP contribution is -2.01. The number of hydrogen-bond donors (Lipinski definition) is 0. The van der Waals surface area contributed by atoms with Crippen LogP contribution in [-0.2, 0) is 0 Å². The minimum atomic E-state index is -0.979. The Morgan fingerprint density at radius 2 is 1.90 bits per heavy atom. The van der Waals surface area contributed by atoms with Crippen molar-refractivity contribution in [2.24, 2.45) is 0 Å². The van der Waals surface area contributed by atoms with Crippen LogP contribution in [0.2, 0.25) is 0 Å². The highest BCUT2D eigenvalue weighted by Crippen LogP contribution is 1.83. The van der Waals surface area contributed by atoms with Crippen molar-refractivity contribution in [2.75, 3.05) is 0 Å². The van der Waals surface area contributed by atoms with Gasteiger partial charge in [-0.1, -0.05) is 0 Å². The molecule has 0 fully saturated rings. The fourth-order valence-electron chi connectivity index (χ4n) is 0.471. The van der Waals surface area contributed by atoms with Gasteiger partial charge in [0.1, 0.15) is 5.82 Å². The van der Waals surface area contributed by atoms with Crippen molar-refractivity contribution in [3.8, 4) is 0 Å². The van der Waals surface area contributed by atoms with Crippen molar-refractivity contribution in [1.29, 1.82) is 0 Å². The second-order valence-corrected chi connectivity index (χ2v) is 1.60. The molecule has 1 aromatic heterocycles. The van der Waals surface area contributed by atoms with Gasteiger partial charge in [0.2, 0.25) is 0 Å². The molecule has 52 valence electrons. The van der Waals surface area contributed by atoms with Crippen LogP contribution in [0.3, 0.4) is 0 Å². The van der Waals surface area contributed by atoms with E-state index in [-0.39, 0.29) is 0 Å². The first kappa shape index (κ1) is 6.67. The van der Waals surface area contributed by atoms with Gasteiger partial charge in [-0.2, -0.15) is 0 Å². The predicted molar refractivity (Wildman–Crippen MR) is 31.2 cm³/mol. The van der Waals surface area contributed by atoms with Crippen LogP contribution < -0.4 is 11.3 Å². The van der Waals surface area contributed by atoms with Gasteiger partial charge < -0.3 is 4.42 Å². The molecule has 0 spiro atoms. The molecule has 0 aromatic carbocycles. The van der Waals surface area contributed by atoms with Crippen molar-refractivity contribution in [3.05, 3.63) is 44.9 Å². The van der Waals surface area contributed by atoms with E-state index in [2.05, 4.69) is 4.42 Å². The highest BCUT2D eigenvalue weighted by molar-refractivity contribution is 4.93. The Bertz CT molecular complexity index is 341. The molecule has 0 atom stereocenters. The summed E-state index contributed by atoms with van der Waals surface area (Å²) in [5, 5.41) is 0. The van der Waals surface area contributed by atoms with Crippen molar-refractivity contribution < 1.29 is 8.81 Å². The molecule has 0 saturated heterocycles. The molecule has 0 amide bonds. The summed E-state index contributed by atoms with van der Waals surface area (Å²) in [7, 11) is 0. The SMILES string of the molecule is O=c1ccc(F)cc(=O)o1. The molecule has 0 aliphatic carbocycles. The van der Waals surface area contributed by atoms with Gasteiger partial charge in [0.25, 0.3) is 0 Å². The van der Waals surface area contributed by atoms with Crippen LogP contribution >= 0.6 is 0 Å².